The SMILES string of the molecule is Cc1cc2ccccc2p1C. The van der Waals surface area contributed by atoms with Crippen molar-refractivity contribution < 1.29 is 0 Å². The van der Waals surface area contributed by atoms with Gasteiger partial charge in [-0.3, -0.25) is 0 Å². The molecule has 0 aliphatic rings. The molecule has 0 N–H and O–H groups in total. The zero-order chi connectivity index (χ0) is 7.84. The smallest absolute Gasteiger partial charge is 0.00115 e. The molecule has 1 heterocycles. The van der Waals surface area contributed by atoms with Gasteiger partial charge >= 0.3 is 0 Å². The molecule has 0 bridgehead atoms. The molecule has 0 saturated heterocycles. The highest BCUT2D eigenvalue weighted by Gasteiger charge is 1.99. The number of hydrogen-bond acceptors (Lipinski definition) is 0. The van der Waals surface area contributed by atoms with Gasteiger partial charge in [-0.05, 0) is 30.3 Å². The summed E-state index contributed by atoms with van der Waals surface area (Å²) in [6.45, 7) is 4.55. The Hall–Kier alpha value is -0.740. The van der Waals surface area contributed by atoms with E-state index in [2.05, 4.69) is 43.9 Å². The van der Waals surface area contributed by atoms with E-state index in [4.69, 9.17) is 0 Å². The molecule has 1 aromatic carbocycles. The molecule has 0 saturated carbocycles. The maximum absolute atomic E-state index is 2.33. The number of aryl methyl sites for hydroxylation is 2. The first kappa shape index (κ1) is 6.94. The average molecular weight is 162 g/mol. The van der Waals surface area contributed by atoms with E-state index in [0.717, 1.165) is 0 Å². The van der Waals surface area contributed by atoms with Crippen molar-refractivity contribution >= 4 is 18.0 Å². The lowest BCUT2D eigenvalue weighted by Gasteiger charge is -1.91. The molecule has 1 heteroatoms. The number of benzene rings is 1. The van der Waals surface area contributed by atoms with Crippen LogP contribution in [0, 0.1) is 6.92 Å². The van der Waals surface area contributed by atoms with Gasteiger partial charge in [-0.25, -0.2) is 0 Å². The van der Waals surface area contributed by atoms with Gasteiger partial charge < -0.3 is 0 Å². The molecule has 0 radical (unpaired) electrons. The zero-order valence-electron chi connectivity index (χ0n) is 6.83. The largest absolute Gasteiger partial charge is 0.117 e. The van der Waals surface area contributed by atoms with Crippen molar-refractivity contribution in [1.29, 1.82) is 0 Å². The van der Waals surface area contributed by atoms with E-state index in [-0.39, 0.29) is 7.53 Å². The summed E-state index contributed by atoms with van der Waals surface area (Å²) in [5.74, 6) is 0. The molecular formula is C10H11P. The van der Waals surface area contributed by atoms with Crippen molar-refractivity contribution in [2.75, 3.05) is 0 Å². The van der Waals surface area contributed by atoms with Crippen LogP contribution in [0.1, 0.15) is 5.30 Å². The fraction of sp³-hybridized carbons (Fsp3) is 0.200. The van der Waals surface area contributed by atoms with E-state index >= 15 is 0 Å². The van der Waals surface area contributed by atoms with Crippen LogP contribution in [-0.2, 0) is 6.66 Å². The van der Waals surface area contributed by atoms with Crippen LogP contribution in [0.25, 0.3) is 10.5 Å². The summed E-state index contributed by atoms with van der Waals surface area (Å²) in [6, 6.07) is 11.0. The molecule has 1 unspecified atom stereocenters. The van der Waals surface area contributed by atoms with Gasteiger partial charge in [0.15, 0.2) is 0 Å². The van der Waals surface area contributed by atoms with E-state index in [9.17, 15) is 0 Å². The van der Waals surface area contributed by atoms with Crippen LogP contribution in [0.3, 0.4) is 0 Å². The molecule has 11 heavy (non-hydrogen) atoms. The van der Waals surface area contributed by atoms with Gasteiger partial charge in [-0.1, -0.05) is 24.3 Å². The summed E-state index contributed by atoms with van der Waals surface area (Å²) in [5, 5.41) is 4.51. The van der Waals surface area contributed by atoms with E-state index < -0.39 is 0 Å². The molecule has 0 nitrogen and oxygen atoms in total. The second-order valence-corrected chi connectivity index (χ2v) is 5.21. The third-order valence-corrected chi connectivity index (χ3v) is 4.51. The van der Waals surface area contributed by atoms with Gasteiger partial charge in [0.25, 0.3) is 0 Å². The highest BCUT2D eigenvalue weighted by molar-refractivity contribution is 7.54. The number of fused-ring (bicyclic) bond motifs is 1. The summed E-state index contributed by atoms with van der Waals surface area (Å²) in [5.41, 5.74) is 0. The van der Waals surface area contributed by atoms with E-state index in [0.29, 0.717) is 0 Å². The quantitative estimate of drug-likeness (QED) is 0.554. The molecule has 0 fully saturated rings. The van der Waals surface area contributed by atoms with Crippen LogP contribution in [0.5, 0.6) is 0 Å². The summed E-state index contributed by atoms with van der Waals surface area (Å²) in [7, 11) is 0.0190. The second-order valence-electron chi connectivity index (χ2n) is 2.90. The first-order valence-corrected chi connectivity index (χ1v) is 5.59. The lowest BCUT2D eigenvalue weighted by atomic mass is 10.2. The van der Waals surface area contributed by atoms with Crippen molar-refractivity contribution in [3.63, 3.8) is 0 Å². The molecule has 0 amide bonds. The van der Waals surface area contributed by atoms with Gasteiger partial charge in [0.2, 0.25) is 0 Å². The van der Waals surface area contributed by atoms with Gasteiger partial charge in [0, 0.05) is 5.12 Å². The molecule has 2 aromatic rings. The number of rotatable bonds is 0. The van der Waals surface area contributed by atoms with Crippen molar-refractivity contribution in [1.82, 2.24) is 0 Å². The number of hydrogen-bond donors (Lipinski definition) is 0. The normalized spacial score (nSPS) is 12.4. The first-order valence-electron chi connectivity index (χ1n) is 3.80. The lowest BCUT2D eigenvalue weighted by Crippen LogP contribution is -1.57. The van der Waals surface area contributed by atoms with Crippen LogP contribution in [0.4, 0.5) is 0 Å². The van der Waals surface area contributed by atoms with Crippen molar-refractivity contribution in [3.05, 3.63) is 35.6 Å². The van der Waals surface area contributed by atoms with Gasteiger partial charge in [0.05, 0.1) is 0 Å². The highest BCUT2D eigenvalue weighted by Crippen LogP contribution is 2.40. The van der Waals surface area contributed by atoms with Crippen molar-refractivity contribution in [3.8, 4) is 0 Å². The zero-order valence-corrected chi connectivity index (χ0v) is 7.73. The predicted octanol–water partition coefficient (Wildman–Crippen LogP) is 3.67. The summed E-state index contributed by atoms with van der Waals surface area (Å²) >= 11 is 0. The Bertz CT molecular complexity index is 385. The monoisotopic (exact) mass is 162 g/mol. The van der Waals surface area contributed by atoms with Gasteiger partial charge in [-0.15, -0.1) is 7.53 Å². The first-order chi connectivity index (χ1) is 5.29. The van der Waals surface area contributed by atoms with Crippen LogP contribution in [0.15, 0.2) is 30.3 Å². The third-order valence-electron chi connectivity index (χ3n) is 2.19. The molecule has 1 atom stereocenters. The molecule has 0 spiro atoms. The minimum absolute atomic E-state index is 0.0190. The third kappa shape index (κ3) is 0.985. The van der Waals surface area contributed by atoms with Gasteiger partial charge in [0.1, 0.15) is 0 Å². The molecule has 56 valence electrons. The van der Waals surface area contributed by atoms with Crippen molar-refractivity contribution in [2.45, 2.75) is 6.92 Å². The predicted molar refractivity (Wildman–Crippen MR) is 52.4 cm³/mol. The Morgan fingerprint density at radius 3 is 2.64 bits per heavy atom. The Balaban J connectivity index is 2.92. The van der Waals surface area contributed by atoms with Crippen LogP contribution >= 0.6 is 7.53 Å². The maximum atomic E-state index is 2.33. The van der Waals surface area contributed by atoms with Crippen LogP contribution in [-0.4, -0.2) is 0 Å². The van der Waals surface area contributed by atoms with Crippen molar-refractivity contribution in [2.24, 2.45) is 6.66 Å². The highest BCUT2D eigenvalue weighted by atomic mass is 31.1. The maximum Gasteiger partial charge on any atom is 0.00115 e. The summed E-state index contributed by atoms with van der Waals surface area (Å²) in [4.78, 5) is 0. The lowest BCUT2D eigenvalue weighted by molar-refractivity contribution is 1.64. The fourth-order valence-electron chi connectivity index (χ4n) is 1.43. The van der Waals surface area contributed by atoms with E-state index in [1.807, 2.05) is 0 Å². The standard InChI is InChI=1S/C10H11P/c1-8-7-9-5-3-4-6-10(9)11(8)2/h3-7H,1-2H3. The Kier molecular flexibility index (Phi) is 1.51. The molecule has 2 rings (SSSR count). The van der Waals surface area contributed by atoms with Crippen LogP contribution in [0.2, 0.25) is 0 Å². The molecule has 0 aliphatic carbocycles. The Morgan fingerprint density at radius 1 is 1.18 bits per heavy atom. The Morgan fingerprint density at radius 2 is 1.91 bits per heavy atom. The topological polar surface area (TPSA) is 0 Å². The Labute approximate surface area is 67.9 Å². The van der Waals surface area contributed by atoms with E-state index in [1.54, 1.807) is 10.4 Å². The molecule has 1 aromatic heterocycles. The van der Waals surface area contributed by atoms with E-state index in [1.165, 1.54) is 5.39 Å². The van der Waals surface area contributed by atoms with Gasteiger partial charge in [-0.2, -0.15) is 0 Å². The average Bonchev–Trinajstić information content (AvgIpc) is 2.30. The van der Waals surface area contributed by atoms with Crippen LogP contribution < -0.4 is 0 Å². The summed E-state index contributed by atoms with van der Waals surface area (Å²) < 4.78 is 0. The summed E-state index contributed by atoms with van der Waals surface area (Å²) in [6.07, 6.45) is 0. The second kappa shape index (κ2) is 2.39. The minimum Gasteiger partial charge on any atom is -0.117 e. The molecular weight excluding hydrogens is 151 g/mol. The fourth-order valence-corrected chi connectivity index (χ4v) is 2.98. The minimum atomic E-state index is 0.0190. The molecule has 0 aliphatic heterocycles.